The summed E-state index contributed by atoms with van der Waals surface area (Å²) < 4.78 is 0. The van der Waals surface area contributed by atoms with Gasteiger partial charge in [-0.05, 0) is 24.6 Å². The average Bonchev–Trinajstić information content (AvgIpc) is 2.49. The van der Waals surface area contributed by atoms with E-state index in [0.29, 0.717) is 11.4 Å². The summed E-state index contributed by atoms with van der Waals surface area (Å²) in [6.07, 6.45) is 0. The molecule has 1 aromatic rings. The van der Waals surface area contributed by atoms with Crippen LogP contribution in [0.2, 0.25) is 0 Å². The fourth-order valence-corrected chi connectivity index (χ4v) is 1.94. The van der Waals surface area contributed by atoms with Crippen LogP contribution >= 0.6 is 0 Å². The molecular weight excluding hydrogens is 322 g/mol. The van der Waals surface area contributed by atoms with Gasteiger partial charge in [-0.3, -0.25) is 9.59 Å². The highest BCUT2D eigenvalue weighted by Gasteiger charge is 2.22. The molecule has 0 fully saturated rings. The maximum atomic E-state index is 12.3. The number of carboxylic acids is 1. The first-order chi connectivity index (χ1) is 11.4. The standard InChI is InChI=1S/C18H27N3O4/c1-11-7-8-13(19-16(24)18(3,4)5)9-14(11)20-17(25)21(6)10-12(2)15(22)23/h7-9,12H,10H2,1-6H3,(H,19,24)(H,20,25)(H,22,23). The van der Waals surface area contributed by atoms with Gasteiger partial charge in [-0.2, -0.15) is 0 Å². The Kier molecular flexibility index (Phi) is 6.55. The van der Waals surface area contributed by atoms with E-state index in [-0.39, 0.29) is 12.5 Å². The van der Waals surface area contributed by atoms with Gasteiger partial charge in [0.15, 0.2) is 0 Å². The van der Waals surface area contributed by atoms with Crippen molar-refractivity contribution in [3.63, 3.8) is 0 Å². The number of nitrogens with one attached hydrogen (secondary N) is 2. The van der Waals surface area contributed by atoms with E-state index in [4.69, 9.17) is 5.11 Å². The Morgan fingerprint density at radius 1 is 1.20 bits per heavy atom. The zero-order chi connectivity index (χ0) is 19.4. The molecular formula is C18H27N3O4. The van der Waals surface area contributed by atoms with Gasteiger partial charge in [0.1, 0.15) is 0 Å². The molecule has 0 heterocycles. The summed E-state index contributed by atoms with van der Waals surface area (Å²) in [5.74, 6) is -1.74. The Morgan fingerprint density at radius 3 is 2.32 bits per heavy atom. The van der Waals surface area contributed by atoms with Crippen LogP contribution < -0.4 is 10.6 Å². The number of carbonyl (C=O) groups excluding carboxylic acids is 2. The van der Waals surface area contributed by atoms with Gasteiger partial charge in [-0.25, -0.2) is 4.79 Å². The zero-order valence-electron chi connectivity index (χ0n) is 15.6. The van der Waals surface area contributed by atoms with Crippen molar-refractivity contribution in [2.75, 3.05) is 24.2 Å². The van der Waals surface area contributed by atoms with Crippen LogP contribution in [-0.4, -0.2) is 41.5 Å². The number of aryl methyl sites for hydroxylation is 1. The minimum atomic E-state index is -0.956. The predicted molar refractivity (Wildman–Crippen MR) is 97.7 cm³/mol. The SMILES string of the molecule is Cc1ccc(NC(=O)C(C)(C)C)cc1NC(=O)N(C)CC(C)C(=O)O. The van der Waals surface area contributed by atoms with E-state index in [9.17, 15) is 14.4 Å². The summed E-state index contributed by atoms with van der Waals surface area (Å²) in [6, 6.07) is 4.85. The first-order valence-corrected chi connectivity index (χ1v) is 8.09. The van der Waals surface area contributed by atoms with Gasteiger partial charge in [0.2, 0.25) is 5.91 Å². The van der Waals surface area contributed by atoms with Crippen molar-refractivity contribution >= 4 is 29.3 Å². The quantitative estimate of drug-likeness (QED) is 0.760. The summed E-state index contributed by atoms with van der Waals surface area (Å²) in [4.78, 5) is 36.6. The van der Waals surface area contributed by atoms with Crippen LogP contribution in [0.3, 0.4) is 0 Å². The van der Waals surface area contributed by atoms with Crippen LogP contribution in [0, 0.1) is 18.3 Å². The van der Waals surface area contributed by atoms with Crippen LogP contribution in [0.15, 0.2) is 18.2 Å². The number of carbonyl (C=O) groups is 3. The largest absolute Gasteiger partial charge is 0.481 e. The molecule has 0 radical (unpaired) electrons. The predicted octanol–water partition coefficient (Wildman–Crippen LogP) is 3.16. The first kappa shape index (κ1) is 20.5. The van der Waals surface area contributed by atoms with Crippen molar-refractivity contribution in [3.05, 3.63) is 23.8 Å². The van der Waals surface area contributed by atoms with Crippen LogP contribution in [-0.2, 0) is 9.59 Å². The fraction of sp³-hybridized carbons (Fsp3) is 0.500. The molecule has 3 N–H and O–H groups in total. The maximum absolute atomic E-state index is 12.3. The number of carboxylic acid groups (broad SMARTS) is 1. The topological polar surface area (TPSA) is 98.7 Å². The van der Waals surface area contributed by atoms with E-state index >= 15 is 0 Å². The van der Waals surface area contributed by atoms with Gasteiger partial charge in [0.05, 0.1) is 5.92 Å². The Labute approximate surface area is 148 Å². The lowest BCUT2D eigenvalue weighted by Crippen LogP contribution is -2.36. The third-order valence-electron chi connectivity index (χ3n) is 3.73. The van der Waals surface area contributed by atoms with E-state index in [2.05, 4.69) is 10.6 Å². The molecule has 1 unspecified atom stereocenters. The van der Waals surface area contributed by atoms with E-state index in [1.54, 1.807) is 25.1 Å². The minimum absolute atomic E-state index is 0.0979. The lowest BCUT2D eigenvalue weighted by atomic mass is 9.95. The maximum Gasteiger partial charge on any atom is 0.321 e. The van der Waals surface area contributed by atoms with Crippen molar-refractivity contribution in [2.24, 2.45) is 11.3 Å². The molecule has 25 heavy (non-hydrogen) atoms. The third-order valence-corrected chi connectivity index (χ3v) is 3.73. The van der Waals surface area contributed by atoms with Crippen LogP contribution in [0.1, 0.15) is 33.3 Å². The number of nitrogens with zero attached hydrogens (tertiary/aromatic N) is 1. The second-order valence-corrected chi connectivity index (χ2v) is 7.28. The Morgan fingerprint density at radius 2 is 1.80 bits per heavy atom. The molecule has 0 aliphatic rings. The van der Waals surface area contributed by atoms with Gasteiger partial charge in [0, 0.05) is 30.4 Å². The zero-order valence-corrected chi connectivity index (χ0v) is 15.6. The number of rotatable bonds is 5. The van der Waals surface area contributed by atoms with Gasteiger partial charge in [0.25, 0.3) is 0 Å². The summed E-state index contributed by atoms with van der Waals surface area (Å²) in [7, 11) is 1.54. The average molecular weight is 349 g/mol. The van der Waals surface area contributed by atoms with E-state index in [0.717, 1.165) is 5.56 Å². The van der Waals surface area contributed by atoms with Gasteiger partial charge < -0.3 is 20.6 Å². The molecule has 0 aliphatic heterocycles. The van der Waals surface area contributed by atoms with Crippen LogP contribution in [0.5, 0.6) is 0 Å². The molecule has 0 spiro atoms. The van der Waals surface area contributed by atoms with Crippen molar-refractivity contribution in [1.29, 1.82) is 0 Å². The van der Waals surface area contributed by atoms with Crippen molar-refractivity contribution < 1.29 is 19.5 Å². The molecule has 7 nitrogen and oxygen atoms in total. The highest BCUT2D eigenvalue weighted by Crippen LogP contribution is 2.23. The molecule has 138 valence electrons. The van der Waals surface area contributed by atoms with Crippen molar-refractivity contribution in [2.45, 2.75) is 34.6 Å². The first-order valence-electron chi connectivity index (χ1n) is 8.09. The van der Waals surface area contributed by atoms with E-state index < -0.39 is 23.3 Å². The molecule has 1 rings (SSSR count). The second-order valence-electron chi connectivity index (χ2n) is 7.28. The highest BCUT2D eigenvalue weighted by molar-refractivity contribution is 5.96. The molecule has 0 bridgehead atoms. The molecule has 0 aromatic heterocycles. The molecule has 1 aromatic carbocycles. The molecule has 1 atom stereocenters. The molecule has 7 heteroatoms. The smallest absolute Gasteiger partial charge is 0.321 e. The normalized spacial score (nSPS) is 12.2. The van der Waals surface area contributed by atoms with Crippen molar-refractivity contribution in [1.82, 2.24) is 4.90 Å². The van der Waals surface area contributed by atoms with Gasteiger partial charge >= 0.3 is 12.0 Å². The molecule has 0 saturated carbocycles. The number of urea groups is 1. The number of aliphatic carboxylic acids is 1. The number of hydrogen-bond donors (Lipinski definition) is 3. The molecule has 3 amide bonds. The minimum Gasteiger partial charge on any atom is -0.481 e. The summed E-state index contributed by atoms with van der Waals surface area (Å²) in [5.41, 5.74) is 1.46. The molecule has 0 aliphatic carbocycles. The Balaban J connectivity index is 2.84. The van der Waals surface area contributed by atoms with Gasteiger partial charge in [-0.1, -0.05) is 33.8 Å². The van der Waals surface area contributed by atoms with E-state index in [1.807, 2.05) is 27.7 Å². The lowest BCUT2D eigenvalue weighted by Gasteiger charge is -2.21. The fourth-order valence-electron chi connectivity index (χ4n) is 1.94. The second kappa shape index (κ2) is 8.00. The number of hydrogen-bond acceptors (Lipinski definition) is 3. The van der Waals surface area contributed by atoms with Crippen molar-refractivity contribution in [3.8, 4) is 0 Å². The lowest BCUT2D eigenvalue weighted by molar-refractivity contribution is -0.141. The summed E-state index contributed by atoms with van der Waals surface area (Å²) in [6.45, 7) is 8.93. The molecule has 0 saturated heterocycles. The number of amides is 3. The monoisotopic (exact) mass is 349 g/mol. The summed E-state index contributed by atoms with van der Waals surface area (Å²) in [5, 5.41) is 14.5. The number of benzene rings is 1. The Bertz CT molecular complexity index is 665. The number of anilines is 2. The third kappa shape index (κ3) is 6.10. The van der Waals surface area contributed by atoms with Crippen LogP contribution in [0.25, 0.3) is 0 Å². The highest BCUT2D eigenvalue weighted by atomic mass is 16.4. The van der Waals surface area contributed by atoms with E-state index in [1.165, 1.54) is 11.9 Å². The summed E-state index contributed by atoms with van der Waals surface area (Å²) >= 11 is 0. The van der Waals surface area contributed by atoms with Gasteiger partial charge in [-0.15, -0.1) is 0 Å². The van der Waals surface area contributed by atoms with Crippen LogP contribution in [0.4, 0.5) is 16.2 Å². The Hall–Kier alpha value is -2.57.